The van der Waals surface area contributed by atoms with E-state index in [2.05, 4.69) is 0 Å². The molecule has 0 aromatic carbocycles. The van der Waals surface area contributed by atoms with Crippen LogP contribution in [0.4, 0.5) is 8.78 Å². The molecule has 1 saturated carbocycles. The minimum absolute atomic E-state index is 0.0994. The second-order valence-corrected chi connectivity index (χ2v) is 2.68. The SMILES string of the molecule is O=C(CC(=O)C1CC1)C(F)F. The topological polar surface area (TPSA) is 34.1 Å². The van der Waals surface area contributed by atoms with Crippen LogP contribution >= 0.6 is 0 Å². The number of hydrogen-bond acceptors (Lipinski definition) is 2. The van der Waals surface area contributed by atoms with Crippen LogP contribution in [0.1, 0.15) is 19.3 Å². The van der Waals surface area contributed by atoms with Crippen molar-refractivity contribution in [2.75, 3.05) is 0 Å². The second kappa shape index (κ2) is 3.07. The van der Waals surface area contributed by atoms with Gasteiger partial charge in [-0.05, 0) is 12.8 Å². The van der Waals surface area contributed by atoms with Gasteiger partial charge in [-0.3, -0.25) is 9.59 Å². The summed E-state index contributed by atoms with van der Waals surface area (Å²) in [6.45, 7) is 0. The van der Waals surface area contributed by atoms with Crippen LogP contribution in [0.3, 0.4) is 0 Å². The number of Topliss-reactive ketones (excluding diaryl/α,β-unsaturated/α-hetero) is 2. The zero-order chi connectivity index (χ0) is 8.43. The van der Waals surface area contributed by atoms with Gasteiger partial charge in [0, 0.05) is 5.92 Å². The van der Waals surface area contributed by atoms with Crippen LogP contribution in [-0.2, 0) is 9.59 Å². The third-order valence-electron chi connectivity index (χ3n) is 1.62. The lowest BCUT2D eigenvalue weighted by Gasteiger charge is -1.95. The molecule has 0 aromatic heterocycles. The van der Waals surface area contributed by atoms with Crippen molar-refractivity contribution in [3.05, 3.63) is 0 Å². The highest BCUT2D eigenvalue weighted by atomic mass is 19.3. The van der Waals surface area contributed by atoms with Crippen LogP contribution in [0.5, 0.6) is 0 Å². The van der Waals surface area contributed by atoms with E-state index in [-0.39, 0.29) is 11.7 Å². The Bertz CT molecular complexity index is 173. The van der Waals surface area contributed by atoms with Crippen molar-refractivity contribution in [1.29, 1.82) is 0 Å². The van der Waals surface area contributed by atoms with Gasteiger partial charge in [0.25, 0.3) is 6.43 Å². The molecule has 4 heteroatoms. The number of carbonyl (C=O) groups is 2. The van der Waals surface area contributed by atoms with E-state index >= 15 is 0 Å². The van der Waals surface area contributed by atoms with E-state index in [1.807, 2.05) is 0 Å². The Hall–Kier alpha value is -0.800. The Balaban J connectivity index is 2.29. The average molecular weight is 162 g/mol. The molecular weight excluding hydrogens is 154 g/mol. The van der Waals surface area contributed by atoms with Crippen molar-refractivity contribution in [2.45, 2.75) is 25.7 Å². The summed E-state index contributed by atoms with van der Waals surface area (Å²) in [4.78, 5) is 21.1. The van der Waals surface area contributed by atoms with E-state index in [4.69, 9.17) is 0 Å². The highest BCUT2D eigenvalue weighted by molar-refractivity contribution is 6.02. The van der Waals surface area contributed by atoms with E-state index in [9.17, 15) is 18.4 Å². The number of rotatable bonds is 4. The first-order valence-corrected chi connectivity index (χ1v) is 3.45. The number of carbonyl (C=O) groups excluding carboxylic acids is 2. The minimum Gasteiger partial charge on any atom is -0.299 e. The van der Waals surface area contributed by atoms with Crippen LogP contribution in [-0.4, -0.2) is 18.0 Å². The fraction of sp³-hybridized carbons (Fsp3) is 0.714. The fourth-order valence-electron chi connectivity index (χ4n) is 0.799. The summed E-state index contributed by atoms with van der Waals surface area (Å²) < 4.78 is 23.1. The third-order valence-corrected chi connectivity index (χ3v) is 1.62. The summed E-state index contributed by atoms with van der Waals surface area (Å²) in [7, 11) is 0. The lowest BCUT2D eigenvalue weighted by molar-refractivity contribution is -0.134. The van der Waals surface area contributed by atoms with Gasteiger partial charge in [-0.15, -0.1) is 0 Å². The molecule has 1 rings (SSSR count). The van der Waals surface area contributed by atoms with E-state index in [1.54, 1.807) is 0 Å². The highest BCUT2D eigenvalue weighted by Gasteiger charge is 2.32. The molecule has 0 unspecified atom stereocenters. The molecule has 0 aliphatic heterocycles. The number of alkyl halides is 2. The third kappa shape index (κ3) is 2.37. The molecule has 62 valence electrons. The molecule has 2 nitrogen and oxygen atoms in total. The summed E-state index contributed by atoms with van der Waals surface area (Å²) >= 11 is 0. The van der Waals surface area contributed by atoms with Gasteiger partial charge >= 0.3 is 0 Å². The standard InChI is InChI=1S/C7H8F2O2/c8-7(9)6(11)3-5(10)4-1-2-4/h4,7H,1-3H2. The molecule has 0 aromatic rings. The van der Waals surface area contributed by atoms with E-state index in [1.165, 1.54) is 0 Å². The molecule has 1 fully saturated rings. The van der Waals surface area contributed by atoms with Crippen molar-refractivity contribution >= 4 is 11.6 Å². The molecule has 0 heterocycles. The van der Waals surface area contributed by atoms with Gasteiger partial charge in [0.15, 0.2) is 0 Å². The van der Waals surface area contributed by atoms with E-state index < -0.39 is 18.6 Å². The van der Waals surface area contributed by atoms with E-state index in [0.717, 1.165) is 12.8 Å². The van der Waals surface area contributed by atoms with Gasteiger partial charge in [-0.2, -0.15) is 0 Å². The van der Waals surface area contributed by atoms with Crippen molar-refractivity contribution in [3.63, 3.8) is 0 Å². The fourth-order valence-corrected chi connectivity index (χ4v) is 0.799. The van der Waals surface area contributed by atoms with Crippen molar-refractivity contribution in [3.8, 4) is 0 Å². The maximum atomic E-state index is 11.6. The Morgan fingerprint density at radius 1 is 1.36 bits per heavy atom. The van der Waals surface area contributed by atoms with Crippen LogP contribution in [0.15, 0.2) is 0 Å². The van der Waals surface area contributed by atoms with Gasteiger partial charge in [-0.25, -0.2) is 8.78 Å². The molecule has 1 aliphatic carbocycles. The quantitative estimate of drug-likeness (QED) is 0.582. The summed E-state index contributed by atoms with van der Waals surface area (Å²) in [5, 5.41) is 0. The summed E-state index contributed by atoms with van der Waals surface area (Å²) in [5.41, 5.74) is 0. The molecule has 0 bridgehead atoms. The van der Waals surface area contributed by atoms with Gasteiger partial charge in [-0.1, -0.05) is 0 Å². The first-order valence-electron chi connectivity index (χ1n) is 3.45. The Morgan fingerprint density at radius 3 is 2.27 bits per heavy atom. The summed E-state index contributed by atoms with van der Waals surface area (Å²) in [5.74, 6) is -1.67. The van der Waals surface area contributed by atoms with Crippen LogP contribution < -0.4 is 0 Å². The number of hydrogen-bond donors (Lipinski definition) is 0. The first kappa shape index (κ1) is 8.30. The monoisotopic (exact) mass is 162 g/mol. The molecule has 0 radical (unpaired) electrons. The number of ketones is 2. The van der Waals surface area contributed by atoms with Gasteiger partial charge in [0.05, 0.1) is 6.42 Å². The molecule has 1 aliphatic rings. The Labute approximate surface area is 62.6 Å². The maximum absolute atomic E-state index is 11.6. The van der Waals surface area contributed by atoms with Crippen LogP contribution in [0, 0.1) is 5.92 Å². The van der Waals surface area contributed by atoms with E-state index in [0.29, 0.717) is 0 Å². The second-order valence-electron chi connectivity index (χ2n) is 2.68. The maximum Gasteiger partial charge on any atom is 0.296 e. The Morgan fingerprint density at radius 2 is 1.91 bits per heavy atom. The van der Waals surface area contributed by atoms with Gasteiger partial charge in [0.1, 0.15) is 5.78 Å². The van der Waals surface area contributed by atoms with Crippen molar-refractivity contribution in [1.82, 2.24) is 0 Å². The largest absolute Gasteiger partial charge is 0.299 e. The number of halogens is 2. The molecule has 0 amide bonds. The highest BCUT2D eigenvalue weighted by Crippen LogP contribution is 2.31. The zero-order valence-corrected chi connectivity index (χ0v) is 5.85. The molecule has 0 saturated heterocycles. The smallest absolute Gasteiger partial charge is 0.296 e. The van der Waals surface area contributed by atoms with Crippen LogP contribution in [0.25, 0.3) is 0 Å². The zero-order valence-electron chi connectivity index (χ0n) is 5.85. The lowest BCUT2D eigenvalue weighted by Crippen LogP contribution is -2.16. The first-order chi connectivity index (χ1) is 5.11. The van der Waals surface area contributed by atoms with Gasteiger partial charge < -0.3 is 0 Å². The predicted octanol–water partition coefficient (Wildman–Crippen LogP) is 1.19. The minimum atomic E-state index is -2.99. The molecule has 0 N–H and O–H groups in total. The summed E-state index contributed by atoms with van der Waals surface area (Å²) in [6, 6.07) is 0. The summed E-state index contributed by atoms with van der Waals surface area (Å²) in [6.07, 6.45) is -2.05. The van der Waals surface area contributed by atoms with Crippen molar-refractivity contribution < 1.29 is 18.4 Å². The Kier molecular flexibility index (Phi) is 2.31. The predicted molar refractivity (Wildman–Crippen MR) is 33.4 cm³/mol. The van der Waals surface area contributed by atoms with Gasteiger partial charge in [0.2, 0.25) is 5.78 Å². The van der Waals surface area contributed by atoms with Crippen molar-refractivity contribution in [2.24, 2.45) is 5.92 Å². The molecule has 0 atom stereocenters. The molecule has 11 heavy (non-hydrogen) atoms. The average Bonchev–Trinajstić information content (AvgIpc) is 2.67. The lowest BCUT2D eigenvalue weighted by atomic mass is 10.1. The van der Waals surface area contributed by atoms with Crippen LogP contribution in [0.2, 0.25) is 0 Å². The molecule has 0 spiro atoms. The molecular formula is C7H8F2O2. The normalized spacial score (nSPS) is 17.0.